The Bertz CT molecular complexity index is 224. The number of aromatic nitrogens is 4. The summed E-state index contributed by atoms with van der Waals surface area (Å²) in [5, 5.41) is 12.8. The Balaban J connectivity index is 2.67. The number of nitrogens with two attached hydrogens (primary N) is 1. The summed E-state index contributed by atoms with van der Waals surface area (Å²) < 4.78 is 4.28. The maximum Gasteiger partial charge on any atom is 0.411 e. The molecule has 0 atom stereocenters. The van der Waals surface area contributed by atoms with E-state index in [0.717, 1.165) is 6.20 Å². The SMILES string of the molecule is NC(=O)Oc1cnnnn1. The summed E-state index contributed by atoms with van der Waals surface area (Å²) in [6.07, 6.45) is 0.167. The molecular formula is C3H3N5O2. The van der Waals surface area contributed by atoms with Crippen molar-refractivity contribution in [2.75, 3.05) is 0 Å². The van der Waals surface area contributed by atoms with E-state index in [9.17, 15) is 4.79 Å². The van der Waals surface area contributed by atoms with Gasteiger partial charge in [0.15, 0.2) is 0 Å². The molecule has 0 saturated carbocycles. The summed E-state index contributed by atoms with van der Waals surface area (Å²) in [5.41, 5.74) is 4.65. The number of primary amides is 1. The zero-order valence-corrected chi connectivity index (χ0v) is 4.76. The largest absolute Gasteiger partial charge is 0.411 e. The predicted molar refractivity (Wildman–Crippen MR) is 27.8 cm³/mol. The molecule has 1 rings (SSSR count). The van der Waals surface area contributed by atoms with Crippen molar-refractivity contribution in [3.63, 3.8) is 0 Å². The first-order chi connectivity index (χ1) is 4.79. The molecule has 7 nitrogen and oxygen atoms in total. The molecule has 0 radical (unpaired) electrons. The molecule has 0 spiro atoms. The van der Waals surface area contributed by atoms with Gasteiger partial charge in [-0.25, -0.2) is 4.79 Å². The van der Waals surface area contributed by atoms with Gasteiger partial charge < -0.3 is 10.5 Å². The third-order valence-electron chi connectivity index (χ3n) is 0.608. The minimum absolute atomic E-state index is 0.0671. The summed E-state index contributed by atoms with van der Waals surface area (Å²) in [6, 6.07) is 0. The second kappa shape index (κ2) is 2.67. The van der Waals surface area contributed by atoms with Crippen molar-refractivity contribution in [1.82, 2.24) is 20.6 Å². The molecule has 0 aliphatic rings. The second-order valence-electron chi connectivity index (χ2n) is 1.28. The molecule has 1 amide bonds. The average Bonchev–Trinajstić information content (AvgIpc) is 1.88. The van der Waals surface area contributed by atoms with Crippen LogP contribution < -0.4 is 10.5 Å². The molecule has 0 aromatic carbocycles. The van der Waals surface area contributed by atoms with E-state index < -0.39 is 6.09 Å². The van der Waals surface area contributed by atoms with E-state index in [2.05, 4.69) is 31.1 Å². The Kier molecular flexibility index (Phi) is 1.69. The fourth-order valence-electron chi connectivity index (χ4n) is 0.338. The summed E-state index contributed by atoms with van der Waals surface area (Å²) in [5.74, 6) is -0.0671. The fourth-order valence-corrected chi connectivity index (χ4v) is 0.338. The van der Waals surface area contributed by atoms with E-state index >= 15 is 0 Å². The lowest BCUT2D eigenvalue weighted by molar-refractivity contribution is 0.208. The standard InChI is InChI=1S/C3H3N5O2/c4-3(9)10-2-1-5-7-8-6-2/h1H,(H2,4,9). The van der Waals surface area contributed by atoms with Gasteiger partial charge in [0.05, 0.1) is 0 Å². The van der Waals surface area contributed by atoms with Crippen LogP contribution in [-0.2, 0) is 0 Å². The molecular weight excluding hydrogens is 138 g/mol. The normalized spacial score (nSPS) is 8.80. The molecule has 0 unspecified atom stereocenters. The first-order valence-electron chi connectivity index (χ1n) is 2.27. The minimum atomic E-state index is -0.956. The van der Waals surface area contributed by atoms with E-state index in [1.54, 1.807) is 0 Å². The van der Waals surface area contributed by atoms with Crippen LogP contribution in [0.5, 0.6) is 5.88 Å². The van der Waals surface area contributed by atoms with Crippen molar-refractivity contribution >= 4 is 6.09 Å². The quantitative estimate of drug-likeness (QED) is 0.522. The number of rotatable bonds is 1. The molecule has 7 heteroatoms. The van der Waals surface area contributed by atoms with E-state index in [1.165, 1.54) is 0 Å². The van der Waals surface area contributed by atoms with Gasteiger partial charge >= 0.3 is 6.09 Å². The van der Waals surface area contributed by atoms with Crippen LogP contribution >= 0.6 is 0 Å². The molecule has 1 aromatic rings. The highest BCUT2D eigenvalue weighted by atomic mass is 16.6. The molecule has 52 valence electrons. The van der Waals surface area contributed by atoms with Gasteiger partial charge in [-0.2, -0.15) is 0 Å². The molecule has 10 heavy (non-hydrogen) atoms. The fraction of sp³-hybridized carbons (Fsp3) is 0. The van der Waals surface area contributed by atoms with Crippen molar-refractivity contribution < 1.29 is 9.53 Å². The molecule has 0 aliphatic heterocycles. The minimum Gasteiger partial charge on any atom is -0.388 e. The van der Waals surface area contributed by atoms with Gasteiger partial charge in [-0.15, -0.1) is 5.10 Å². The Morgan fingerprint density at radius 1 is 1.60 bits per heavy atom. The molecule has 1 heterocycles. The Labute approximate surface area is 55.2 Å². The highest BCUT2D eigenvalue weighted by molar-refractivity contribution is 5.67. The molecule has 0 aliphatic carbocycles. The van der Waals surface area contributed by atoms with Crippen molar-refractivity contribution in [3.05, 3.63) is 6.20 Å². The van der Waals surface area contributed by atoms with Gasteiger partial charge in [0.2, 0.25) is 0 Å². The van der Waals surface area contributed by atoms with Gasteiger partial charge in [0, 0.05) is 0 Å². The highest BCUT2D eigenvalue weighted by Crippen LogP contribution is 1.96. The van der Waals surface area contributed by atoms with Crippen LogP contribution in [0.2, 0.25) is 0 Å². The van der Waals surface area contributed by atoms with E-state index in [4.69, 9.17) is 0 Å². The van der Waals surface area contributed by atoms with Gasteiger partial charge in [0.1, 0.15) is 6.20 Å². The maximum absolute atomic E-state index is 10.1. The van der Waals surface area contributed by atoms with Gasteiger partial charge in [-0.3, -0.25) is 0 Å². The Morgan fingerprint density at radius 2 is 2.40 bits per heavy atom. The van der Waals surface area contributed by atoms with Crippen molar-refractivity contribution in [2.45, 2.75) is 0 Å². The van der Waals surface area contributed by atoms with E-state index in [1.807, 2.05) is 0 Å². The summed E-state index contributed by atoms with van der Waals surface area (Å²) >= 11 is 0. The topological polar surface area (TPSA) is 104 Å². The van der Waals surface area contributed by atoms with Crippen LogP contribution in [0.4, 0.5) is 4.79 Å². The van der Waals surface area contributed by atoms with Crippen molar-refractivity contribution in [3.8, 4) is 5.88 Å². The van der Waals surface area contributed by atoms with E-state index in [0.29, 0.717) is 0 Å². The number of amides is 1. The number of ether oxygens (including phenoxy) is 1. The summed E-state index contributed by atoms with van der Waals surface area (Å²) in [6.45, 7) is 0. The summed E-state index contributed by atoms with van der Waals surface area (Å²) in [7, 11) is 0. The number of carbonyl (C=O) groups excluding carboxylic acids is 1. The average molecular weight is 141 g/mol. The van der Waals surface area contributed by atoms with Crippen LogP contribution in [0.3, 0.4) is 0 Å². The predicted octanol–water partition coefficient (Wildman–Crippen LogP) is -1.28. The zero-order valence-electron chi connectivity index (χ0n) is 4.76. The van der Waals surface area contributed by atoms with Crippen molar-refractivity contribution in [2.24, 2.45) is 5.73 Å². The lowest BCUT2D eigenvalue weighted by atomic mass is 10.8. The Morgan fingerprint density at radius 3 is 2.90 bits per heavy atom. The van der Waals surface area contributed by atoms with Crippen LogP contribution in [0.25, 0.3) is 0 Å². The number of nitrogens with zero attached hydrogens (tertiary/aromatic N) is 4. The second-order valence-corrected chi connectivity index (χ2v) is 1.28. The number of carbonyl (C=O) groups is 1. The highest BCUT2D eigenvalue weighted by Gasteiger charge is 1.98. The third-order valence-corrected chi connectivity index (χ3v) is 0.608. The van der Waals surface area contributed by atoms with Gasteiger partial charge in [-0.1, -0.05) is 5.10 Å². The number of hydrogen-bond donors (Lipinski definition) is 1. The monoisotopic (exact) mass is 141 g/mol. The molecule has 0 bridgehead atoms. The Hall–Kier alpha value is -1.79. The zero-order chi connectivity index (χ0) is 7.40. The van der Waals surface area contributed by atoms with Crippen LogP contribution in [0.15, 0.2) is 6.20 Å². The van der Waals surface area contributed by atoms with Gasteiger partial charge in [-0.05, 0) is 10.4 Å². The smallest absolute Gasteiger partial charge is 0.388 e. The molecule has 0 saturated heterocycles. The lowest BCUT2D eigenvalue weighted by Gasteiger charge is -1.92. The maximum atomic E-state index is 10.1. The first kappa shape index (κ1) is 6.33. The van der Waals surface area contributed by atoms with Gasteiger partial charge in [0.25, 0.3) is 5.88 Å². The lowest BCUT2D eigenvalue weighted by Crippen LogP contribution is -2.17. The summed E-state index contributed by atoms with van der Waals surface area (Å²) in [4.78, 5) is 10.1. The number of hydrogen-bond acceptors (Lipinski definition) is 6. The van der Waals surface area contributed by atoms with E-state index in [-0.39, 0.29) is 5.88 Å². The molecule has 0 fully saturated rings. The third kappa shape index (κ3) is 1.62. The van der Waals surface area contributed by atoms with Crippen LogP contribution in [0, 0.1) is 0 Å². The van der Waals surface area contributed by atoms with Crippen molar-refractivity contribution in [1.29, 1.82) is 0 Å². The van der Waals surface area contributed by atoms with Crippen LogP contribution in [-0.4, -0.2) is 26.7 Å². The van der Waals surface area contributed by atoms with Crippen LogP contribution in [0.1, 0.15) is 0 Å². The molecule has 2 N–H and O–H groups in total. The first-order valence-corrected chi connectivity index (χ1v) is 2.27. The molecule has 1 aromatic heterocycles.